The minimum Gasteiger partial charge on any atom is -0.377 e. The topological polar surface area (TPSA) is 34.1 Å². The van der Waals surface area contributed by atoms with E-state index < -0.39 is 0 Å². The quantitative estimate of drug-likeness (QED) is 0.898. The Bertz CT molecular complexity index is 322. The lowest BCUT2D eigenvalue weighted by atomic mass is 10.4. The molecule has 0 fully saturated rings. The third-order valence-corrected chi connectivity index (χ3v) is 2.25. The molecule has 3 nitrogen and oxygen atoms in total. The van der Waals surface area contributed by atoms with Crippen LogP contribution in [0, 0.1) is 5.82 Å². The highest BCUT2D eigenvalue weighted by molar-refractivity contribution is 9.10. The zero-order valence-corrected chi connectivity index (χ0v) is 10.3. The molecule has 15 heavy (non-hydrogen) atoms. The number of nitrogens with one attached hydrogen (secondary N) is 1. The Kier molecular flexibility index (Phi) is 4.98. The molecule has 0 spiro atoms. The van der Waals surface area contributed by atoms with E-state index in [0.29, 0.717) is 17.6 Å². The van der Waals surface area contributed by atoms with Crippen molar-refractivity contribution in [3.63, 3.8) is 0 Å². The maximum absolute atomic E-state index is 13.3. The number of anilines is 1. The Morgan fingerprint density at radius 2 is 2.40 bits per heavy atom. The van der Waals surface area contributed by atoms with E-state index in [1.807, 2.05) is 13.8 Å². The van der Waals surface area contributed by atoms with Crippen LogP contribution in [0.3, 0.4) is 0 Å². The van der Waals surface area contributed by atoms with Gasteiger partial charge in [-0.3, -0.25) is 0 Å². The van der Waals surface area contributed by atoms with Gasteiger partial charge < -0.3 is 10.1 Å². The standard InChI is InChI=1S/C10H14BrFN2O/c1-3-15-7(2)5-13-10-9(12)4-8(11)6-14-10/h4,6-7H,3,5H2,1-2H3,(H,13,14). The molecular weight excluding hydrogens is 263 g/mol. The van der Waals surface area contributed by atoms with Gasteiger partial charge in [0.1, 0.15) is 0 Å². The van der Waals surface area contributed by atoms with Gasteiger partial charge in [0.15, 0.2) is 11.6 Å². The van der Waals surface area contributed by atoms with Crippen LogP contribution in [0.15, 0.2) is 16.7 Å². The molecule has 1 rings (SSSR count). The molecule has 0 aliphatic heterocycles. The van der Waals surface area contributed by atoms with E-state index >= 15 is 0 Å². The molecule has 84 valence electrons. The zero-order valence-electron chi connectivity index (χ0n) is 8.76. The van der Waals surface area contributed by atoms with Crippen LogP contribution >= 0.6 is 15.9 Å². The highest BCUT2D eigenvalue weighted by Crippen LogP contribution is 2.15. The van der Waals surface area contributed by atoms with Crippen LogP contribution in [0.1, 0.15) is 13.8 Å². The van der Waals surface area contributed by atoms with Crippen LogP contribution in [0.5, 0.6) is 0 Å². The maximum Gasteiger partial charge on any atom is 0.166 e. The summed E-state index contributed by atoms with van der Waals surface area (Å²) in [6.45, 7) is 5.04. The molecule has 1 N–H and O–H groups in total. The number of hydrogen-bond acceptors (Lipinski definition) is 3. The Labute approximate surface area is 97.2 Å². The van der Waals surface area contributed by atoms with Gasteiger partial charge >= 0.3 is 0 Å². The number of halogens is 2. The first-order valence-corrected chi connectivity index (χ1v) is 5.59. The molecule has 1 heterocycles. The fourth-order valence-corrected chi connectivity index (χ4v) is 1.43. The van der Waals surface area contributed by atoms with Crippen molar-refractivity contribution >= 4 is 21.7 Å². The van der Waals surface area contributed by atoms with Crippen LogP contribution in [0.25, 0.3) is 0 Å². The summed E-state index contributed by atoms with van der Waals surface area (Å²) in [7, 11) is 0. The summed E-state index contributed by atoms with van der Waals surface area (Å²) >= 11 is 3.15. The minimum absolute atomic E-state index is 0.0415. The number of hydrogen-bond donors (Lipinski definition) is 1. The highest BCUT2D eigenvalue weighted by Gasteiger charge is 2.06. The number of ether oxygens (including phenoxy) is 1. The summed E-state index contributed by atoms with van der Waals surface area (Å²) in [5, 5.41) is 2.89. The summed E-state index contributed by atoms with van der Waals surface area (Å²) in [5.74, 6) is -0.113. The Morgan fingerprint density at radius 3 is 3.00 bits per heavy atom. The van der Waals surface area contributed by atoms with Gasteiger partial charge in [0.25, 0.3) is 0 Å². The lowest BCUT2D eigenvalue weighted by molar-refractivity contribution is 0.0854. The SMILES string of the molecule is CCOC(C)CNc1ncc(Br)cc1F. The lowest BCUT2D eigenvalue weighted by Gasteiger charge is -2.13. The second-order valence-corrected chi connectivity index (χ2v) is 4.05. The predicted octanol–water partition coefficient (Wildman–Crippen LogP) is 2.82. The van der Waals surface area contributed by atoms with Gasteiger partial charge in [-0.05, 0) is 35.8 Å². The first-order chi connectivity index (χ1) is 7.13. The molecule has 0 bridgehead atoms. The summed E-state index contributed by atoms with van der Waals surface area (Å²) < 4.78 is 19.2. The molecule has 0 aromatic carbocycles. The Balaban J connectivity index is 2.50. The van der Waals surface area contributed by atoms with E-state index in [4.69, 9.17) is 4.74 Å². The summed E-state index contributed by atoms with van der Waals surface area (Å²) in [5.41, 5.74) is 0. The van der Waals surface area contributed by atoms with Crippen molar-refractivity contribution in [1.29, 1.82) is 0 Å². The van der Waals surface area contributed by atoms with Crippen LogP contribution in [0.4, 0.5) is 10.2 Å². The number of aromatic nitrogens is 1. The van der Waals surface area contributed by atoms with Crippen molar-refractivity contribution < 1.29 is 9.13 Å². The molecule has 0 amide bonds. The molecule has 1 aromatic heterocycles. The number of rotatable bonds is 5. The average molecular weight is 277 g/mol. The number of pyridine rings is 1. The van der Waals surface area contributed by atoms with Crippen LogP contribution in [-0.4, -0.2) is 24.2 Å². The van der Waals surface area contributed by atoms with E-state index in [0.717, 1.165) is 0 Å². The third kappa shape index (κ3) is 4.13. The highest BCUT2D eigenvalue weighted by atomic mass is 79.9. The molecule has 0 saturated carbocycles. The maximum atomic E-state index is 13.3. The number of nitrogens with zero attached hydrogens (tertiary/aromatic N) is 1. The normalized spacial score (nSPS) is 12.5. The van der Waals surface area contributed by atoms with E-state index in [1.54, 1.807) is 6.20 Å². The fraction of sp³-hybridized carbons (Fsp3) is 0.500. The molecule has 1 atom stereocenters. The van der Waals surface area contributed by atoms with Crippen molar-refractivity contribution in [2.75, 3.05) is 18.5 Å². The molecule has 0 radical (unpaired) electrons. The van der Waals surface area contributed by atoms with Crippen molar-refractivity contribution in [3.8, 4) is 0 Å². The second-order valence-electron chi connectivity index (χ2n) is 3.13. The summed E-state index contributed by atoms with van der Waals surface area (Å²) in [6, 6.07) is 1.38. The van der Waals surface area contributed by atoms with Gasteiger partial charge in [0.2, 0.25) is 0 Å². The van der Waals surface area contributed by atoms with E-state index in [-0.39, 0.29) is 17.7 Å². The fourth-order valence-electron chi connectivity index (χ4n) is 1.13. The largest absolute Gasteiger partial charge is 0.377 e. The van der Waals surface area contributed by atoms with Crippen LogP contribution < -0.4 is 5.32 Å². The van der Waals surface area contributed by atoms with E-state index in [1.165, 1.54) is 6.07 Å². The monoisotopic (exact) mass is 276 g/mol. The molecule has 0 saturated heterocycles. The van der Waals surface area contributed by atoms with Crippen LogP contribution in [-0.2, 0) is 4.74 Å². The van der Waals surface area contributed by atoms with Crippen molar-refractivity contribution in [2.45, 2.75) is 20.0 Å². The lowest BCUT2D eigenvalue weighted by Crippen LogP contribution is -2.20. The molecule has 0 aliphatic carbocycles. The van der Waals surface area contributed by atoms with E-state index in [2.05, 4.69) is 26.2 Å². The first-order valence-electron chi connectivity index (χ1n) is 4.80. The van der Waals surface area contributed by atoms with Gasteiger partial charge in [0.05, 0.1) is 6.10 Å². The Morgan fingerprint density at radius 1 is 1.67 bits per heavy atom. The second kappa shape index (κ2) is 6.02. The summed E-state index contributed by atoms with van der Waals surface area (Å²) in [4.78, 5) is 3.92. The van der Waals surface area contributed by atoms with Gasteiger partial charge in [-0.15, -0.1) is 0 Å². The van der Waals surface area contributed by atoms with Gasteiger partial charge in [0, 0.05) is 23.8 Å². The molecule has 1 unspecified atom stereocenters. The molecule has 1 aromatic rings. The smallest absolute Gasteiger partial charge is 0.166 e. The zero-order chi connectivity index (χ0) is 11.3. The molecular formula is C10H14BrFN2O. The van der Waals surface area contributed by atoms with Gasteiger partial charge in [-0.2, -0.15) is 0 Å². The van der Waals surface area contributed by atoms with Crippen molar-refractivity contribution in [1.82, 2.24) is 4.98 Å². The first kappa shape index (κ1) is 12.4. The minimum atomic E-state index is -0.368. The summed E-state index contributed by atoms with van der Waals surface area (Å²) in [6.07, 6.45) is 1.59. The molecule has 5 heteroatoms. The Hall–Kier alpha value is -0.680. The van der Waals surface area contributed by atoms with Crippen molar-refractivity contribution in [3.05, 3.63) is 22.6 Å². The van der Waals surface area contributed by atoms with Gasteiger partial charge in [-0.25, -0.2) is 9.37 Å². The predicted molar refractivity (Wildman–Crippen MR) is 61.5 cm³/mol. The van der Waals surface area contributed by atoms with E-state index in [9.17, 15) is 4.39 Å². The van der Waals surface area contributed by atoms with Gasteiger partial charge in [-0.1, -0.05) is 0 Å². The van der Waals surface area contributed by atoms with Crippen molar-refractivity contribution in [2.24, 2.45) is 0 Å². The average Bonchev–Trinajstić information content (AvgIpc) is 2.17. The van der Waals surface area contributed by atoms with Crippen LogP contribution in [0.2, 0.25) is 0 Å². The molecule has 0 aliphatic rings. The third-order valence-electron chi connectivity index (χ3n) is 1.82.